The normalized spacial score (nSPS) is 21.3. The van der Waals surface area contributed by atoms with Gasteiger partial charge in [-0.1, -0.05) is 12.1 Å². The number of rotatable bonds is 5. The van der Waals surface area contributed by atoms with E-state index in [9.17, 15) is 4.79 Å². The molecule has 3 heterocycles. The Bertz CT molecular complexity index is 649. The SMILES string of the molecule is CCCc1occc1C(=O)N1C[C@@H](N(C)C)[C@@H](n2ccnn2)C1. The van der Waals surface area contributed by atoms with Gasteiger partial charge in [0.1, 0.15) is 5.76 Å². The molecule has 0 bridgehead atoms. The summed E-state index contributed by atoms with van der Waals surface area (Å²) in [5, 5.41) is 8.01. The summed E-state index contributed by atoms with van der Waals surface area (Å²) in [5.41, 5.74) is 0.684. The summed E-state index contributed by atoms with van der Waals surface area (Å²) in [7, 11) is 4.06. The Morgan fingerprint density at radius 1 is 1.43 bits per heavy atom. The van der Waals surface area contributed by atoms with Gasteiger partial charge in [0, 0.05) is 25.7 Å². The van der Waals surface area contributed by atoms with Gasteiger partial charge in [-0.05, 0) is 26.6 Å². The number of likely N-dealkylation sites (tertiary alicyclic amines) is 1. The number of furan rings is 1. The van der Waals surface area contributed by atoms with Crippen LogP contribution in [0.3, 0.4) is 0 Å². The van der Waals surface area contributed by atoms with Crippen molar-refractivity contribution in [2.45, 2.75) is 31.8 Å². The zero-order valence-electron chi connectivity index (χ0n) is 13.8. The van der Waals surface area contributed by atoms with Gasteiger partial charge in [0.05, 0.1) is 30.1 Å². The zero-order chi connectivity index (χ0) is 16.4. The number of carbonyl (C=O) groups excluding carboxylic acids is 1. The van der Waals surface area contributed by atoms with E-state index >= 15 is 0 Å². The fraction of sp³-hybridized carbons (Fsp3) is 0.562. The molecule has 0 unspecified atom stereocenters. The second-order valence-electron chi connectivity index (χ2n) is 6.20. The molecule has 7 nitrogen and oxygen atoms in total. The molecule has 1 saturated heterocycles. The number of hydrogen-bond donors (Lipinski definition) is 0. The maximum Gasteiger partial charge on any atom is 0.257 e. The lowest BCUT2D eigenvalue weighted by atomic mass is 10.1. The van der Waals surface area contributed by atoms with E-state index in [0.29, 0.717) is 18.7 Å². The molecule has 1 aliphatic rings. The first-order valence-electron chi connectivity index (χ1n) is 7.99. The summed E-state index contributed by atoms with van der Waals surface area (Å²) in [4.78, 5) is 16.9. The van der Waals surface area contributed by atoms with E-state index in [1.54, 1.807) is 18.5 Å². The van der Waals surface area contributed by atoms with Gasteiger partial charge >= 0.3 is 0 Å². The fourth-order valence-electron chi connectivity index (χ4n) is 3.22. The van der Waals surface area contributed by atoms with Crippen molar-refractivity contribution in [3.63, 3.8) is 0 Å². The molecule has 124 valence electrons. The molecule has 23 heavy (non-hydrogen) atoms. The van der Waals surface area contributed by atoms with E-state index in [2.05, 4.69) is 22.1 Å². The molecular formula is C16H23N5O2. The van der Waals surface area contributed by atoms with Crippen LogP contribution in [0, 0.1) is 0 Å². The smallest absolute Gasteiger partial charge is 0.257 e. The molecule has 2 atom stereocenters. The number of amides is 1. The minimum Gasteiger partial charge on any atom is -0.469 e. The average molecular weight is 317 g/mol. The topological polar surface area (TPSA) is 67.4 Å². The van der Waals surface area contributed by atoms with Gasteiger partial charge < -0.3 is 14.2 Å². The molecule has 1 fully saturated rings. The Morgan fingerprint density at radius 3 is 2.91 bits per heavy atom. The molecule has 0 N–H and O–H groups in total. The van der Waals surface area contributed by atoms with E-state index < -0.39 is 0 Å². The minimum absolute atomic E-state index is 0.0386. The van der Waals surface area contributed by atoms with E-state index in [-0.39, 0.29) is 18.0 Å². The molecule has 0 aliphatic carbocycles. The first kappa shape index (κ1) is 15.7. The molecule has 1 amide bonds. The summed E-state index contributed by atoms with van der Waals surface area (Å²) < 4.78 is 7.32. The van der Waals surface area contributed by atoms with Crippen LogP contribution in [-0.4, -0.2) is 63.9 Å². The first-order chi connectivity index (χ1) is 11.1. The quantitative estimate of drug-likeness (QED) is 0.835. The summed E-state index contributed by atoms with van der Waals surface area (Å²) >= 11 is 0. The highest BCUT2D eigenvalue weighted by Gasteiger charge is 2.39. The van der Waals surface area contributed by atoms with Crippen molar-refractivity contribution in [3.05, 3.63) is 36.0 Å². The maximum absolute atomic E-state index is 12.9. The molecule has 1 aliphatic heterocycles. The number of likely N-dealkylation sites (N-methyl/N-ethyl adjacent to an activating group) is 1. The monoisotopic (exact) mass is 317 g/mol. The summed E-state index contributed by atoms with van der Waals surface area (Å²) in [6.45, 7) is 3.38. The van der Waals surface area contributed by atoms with Gasteiger partial charge in [0.15, 0.2) is 0 Å². The van der Waals surface area contributed by atoms with Crippen molar-refractivity contribution in [1.82, 2.24) is 24.8 Å². The van der Waals surface area contributed by atoms with Crippen molar-refractivity contribution in [2.24, 2.45) is 0 Å². The third-order valence-electron chi connectivity index (χ3n) is 4.44. The van der Waals surface area contributed by atoms with Crippen LogP contribution < -0.4 is 0 Å². The maximum atomic E-state index is 12.9. The van der Waals surface area contributed by atoms with E-state index in [4.69, 9.17) is 4.42 Å². The molecule has 0 saturated carbocycles. The predicted octanol–water partition coefficient (Wildman–Crippen LogP) is 1.45. The number of nitrogens with zero attached hydrogens (tertiary/aromatic N) is 5. The van der Waals surface area contributed by atoms with Gasteiger partial charge in [-0.3, -0.25) is 4.79 Å². The van der Waals surface area contributed by atoms with Gasteiger partial charge in [0.2, 0.25) is 0 Å². The molecule has 2 aromatic heterocycles. The predicted molar refractivity (Wildman–Crippen MR) is 85.1 cm³/mol. The summed E-state index contributed by atoms with van der Waals surface area (Å²) in [5.74, 6) is 0.819. The van der Waals surface area contributed by atoms with Crippen molar-refractivity contribution in [1.29, 1.82) is 0 Å². The Hall–Kier alpha value is -2.15. The highest BCUT2D eigenvalue weighted by atomic mass is 16.3. The van der Waals surface area contributed by atoms with Gasteiger partial charge in [-0.15, -0.1) is 5.10 Å². The second-order valence-corrected chi connectivity index (χ2v) is 6.20. The van der Waals surface area contributed by atoms with Crippen LogP contribution in [0.15, 0.2) is 29.1 Å². The Balaban J connectivity index is 1.81. The fourth-order valence-corrected chi connectivity index (χ4v) is 3.22. The number of aromatic nitrogens is 3. The lowest BCUT2D eigenvalue weighted by Crippen LogP contribution is -2.37. The molecule has 2 aromatic rings. The van der Waals surface area contributed by atoms with Crippen LogP contribution in [0.1, 0.15) is 35.5 Å². The average Bonchev–Trinajstić information content (AvgIpc) is 3.26. The largest absolute Gasteiger partial charge is 0.469 e. The number of hydrogen-bond acceptors (Lipinski definition) is 5. The van der Waals surface area contributed by atoms with E-state index in [0.717, 1.165) is 18.6 Å². The minimum atomic E-state index is 0.0386. The number of carbonyl (C=O) groups is 1. The molecule has 0 spiro atoms. The first-order valence-corrected chi connectivity index (χ1v) is 7.99. The van der Waals surface area contributed by atoms with Crippen molar-refractivity contribution in [3.8, 4) is 0 Å². The highest BCUT2D eigenvalue weighted by molar-refractivity contribution is 5.95. The molecule has 3 rings (SSSR count). The Labute approximate surface area is 135 Å². The van der Waals surface area contributed by atoms with Gasteiger partial charge in [-0.2, -0.15) is 0 Å². The molecular weight excluding hydrogens is 294 g/mol. The third-order valence-corrected chi connectivity index (χ3v) is 4.44. The van der Waals surface area contributed by atoms with Crippen molar-refractivity contribution in [2.75, 3.05) is 27.2 Å². The lowest BCUT2D eigenvalue weighted by molar-refractivity contribution is 0.0778. The van der Waals surface area contributed by atoms with Crippen LogP contribution in [0.4, 0.5) is 0 Å². The molecule has 0 aromatic carbocycles. The molecule has 0 radical (unpaired) electrons. The summed E-state index contributed by atoms with van der Waals surface area (Å²) in [6.07, 6.45) is 6.87. The van der Waals surface area contributed by atoms with E-state index in [1.165, 1.54) is 0 Å². The third kappa shape index (κ3) is 3.01. The van der Waals surface area contributed by atoms with Crippen molar-refractivity contribution < 1.29 is 9.21 Å². The van der Waals surface area contributed by atoms with Gasteiger partial charge in [0.25, 0.3) is 5.91 Å². The summed E-state index contributed by atoms with van der Waals surface area (Å²) in [6, 6.07) is 2.10. The van der Waals surface area contributed by atoms with Crippen molar-refractivity contribution >= 4 is 5.91 Å². The van der Waals surface area contributed by atoms with Crippen LogP contribution in [0.5, 0.6) is 0 Å². The van der Waals surface area contributed by atoms with E-state index in [1.807, 2.05) is 29.9 Å². The lowest BCUT2D eigenvalue weighted by Gasteiger charge is -2.24. The molecule has 7 heteroatoms. The Morgan fingerprint density at radius 2 is 2.26 bits per heavy atom. The van der Waals surface area contributed by atoms with Crippen LogP contribution in [0.25, 0.3) is 0 Å². The standard InChI is InChI=1S/C16H23N5O2/c1-4-5-15-12(6-9-23-15)16(22)20-10-13(19(2)3)14(11-20)21-8-7-17-18-21/h6-9,13-14H,4-5,10-11H2,1-3H3/t13-,14+/m1/s1. The zero-order valence-corrected chi connectivity index (χ0v) is 13.8. The number of aryl methyl sites for hydroxylation is 1. The van der Waals surface area contributed by atoms with Crippen LogP contribution in [0.2, 0.25) is 0 Å². The Kier molecular flexibility index (Phi) is 4.47. The second kappa shape index (κ2) is 6.54. The van der Waals surface area contributed by atoms with Crippen LogP contribution in [-0.2, 0) is 6.42 Å². The van der Waals surface area contributed by atoms with Gasteiger partial charge in [-0.25, -0.2) is 4.68 Å². The highest BCUT2D eigenvalue weighted by Crippen LogP contribution is 2.27. The van der Waals surface area contributed by atoms with Crippen LogP contribution >= 0.6 is 0 Å².